The minimum Gasteiger partial charge on any atom is -0.364 e. The van der Waals surface area contributed by atoms with Crippen molar-refractivity contribution >= 4 is 15.7 Å². The Balaban J connectivity index is 2.32. The van der Waals surface area contributed by atoms with Gasteiger partial charge in [-0.25, -0.2) is 8.42 Å². The van der Waals surface area contributed by atoms with Gasteiger partial charge in [-0.2, -0.15) is 0 Å². The number of hydrogen-bond donors (Lipinski definition) is 1. The number of nitrogens with one attached hydrogen (secondary N) is 1. The Labute approximate surface area is 123 Å². The maximum atomic E-state index is 12.5. The van der Waals surface area contributed by atoms with Crippen molar-refractivity contribution < 1.29 is 13.2 Å². The van der Waals surface area contributed by atoms with Crippen LogP contribution in [-0.4, -0.2) is 48.3 Å². The van der Waals surface area contributed by atoms with Crippen LogP contribution in [0.3, 0.4) is 0 Å². The van der Waals surface area contributed by atoms with E-state index in [0.717, 1.165) is 0 Å². The van der Waals surface area contributed by atoms with Crippen molar-refractivity contribution in [1.29, 1.82) is 0 Å². The van der Waals surface area contributed by atoms with Crippen LogP contribution in [-0.2, 0) is 9.84 Å². The van der Waals surface area contributed by atoms with Gasteiger partial charge in [-0.05, 0) is 13.3 Å². The van der Waals surface area contributed by atoms with Gasteiger partial charge in [0.15, 0.2) is 15.3 Å². The maximum Gasteiger partial charge on any atom is 0.260 e. The van der Waals surface area contributed by atoms with Crippen LogP contribution in [0.5, 0.6) is 0 Å². The molecule has 2 heterocycles. The first-order valence-corrected chi connectivity index (χ1v) is 8.30. The van der Waals surface area contributed by atoms with Crippen LogP contribution >= 0.6 is 0 Å². The zero-order chi connectivity index (χ0) is 15.6. The Morgan fingerprint density at radius 3 is 2.81 bits per heavy atom. The first-order valence-electron chi connectivity index (χ1n) is 6.48. The zero-order valence-electron chi connectivity index (χ0n) is 11.6. The summed E-state index contributed by atoms with van der Waals surface area (Å²) in [5.41, 5.74) is 0.211. The van der Waals surface area contributed by atoms with E-state index in [2.05, 4.69) is 10.9 Å². The van der Waals surface area contributed by atoms with Crippen LogP contribution in [0.2, 0.25) is 0 Å². The predicted molar refractivity (Wildman–Crippen MR) is 78.7 cm³/mol. The number of hydrogen-bond acceptors (Lipinski definition) is 4. The molecule has 7 heteroatoms. The van der Waals surface area contributed by atoms with E-state index in [4.69, 9.17) is 6.42 Å². The molecule has 0 bridgehead atoms. The Hall–Kier alpha value is -2.07. The van der Waals surface area contributed by atoms with Crippen molar-refractivity contribution in [3.8, 4) is 12.3 Å². The summed E-state index contributed by atoms with van der Waals surface area (Å²) in [5, 5.41) is 0. The molecule has 1 atom stereocenters. The summed E-state index contributed by atoms with van der Waals surface area (Å²) in [6.45, 7) is 1.69. The third-order valence-electron chi connectivity index (χ3n) is 3.46. The predicted octanol–water partition coefficient (Wildman–Crippen LogP) is -0.0542. The smallest absolute Gasteiger partial charge is 0.260 e. The molecule has 1 aromatic heterocycles. The number of carbonyl (C=O) groups excluding carboxylic acids is 1. The fourth-order valence-corrected chi connectivity index (χ4v) is 4.11. The second-order valence-electron chi connectivity index (χ2n) is 5.09. The van der Waals surface area contributed by atoms with Gasteiger partial charge in [0, 0.05) is 24.0 Å². The van der Waals surface area contributed by atoms with Gasteiger partial charge in [-0.1, -0.05) is 5.92 Å². The lowest BCUT2D eigenvalue weighted by molar-refractivity contribution is 0.0722. The van der Waals surface area contributed by atoms with Gasteiger partial charge in [0.05, 0.1) is 18.1 Å². The van der Waals surface area contributed by atoms with E-state index in [1.807, 2.05) is 0 Å². The summed E-state index contributed by atoms with van der Waals surface area (Å²) in [5.74, 6) is 1.75. The highest BCUT2D eigenvalue weighted by molar-refractivity contribution is 7.91. The van der Waals surface area contributed by atoms with E-state index < -0.39 is 27.2 Å². The molecular weight excluding hydrogens is 292 g/mol. The largest absolute Gasteiger partial charge is 0.364 e. The third kappa shape index (κ3) is 3.34. The molecule has 1 unspecified atom stereocenters. The van der Waals surface area contributed by atoms with Gasteiger partial charge in [-0.3, -0.25) is 9.59 Å². The molecule has 1 aliphatic heterocycles. The highest BCUT2D eigenvalue weighted by Crippen LogP contribution is 2.19. The maximum absolute atomic E-state index is 12.5. The number of aryl methyl sites for hydroxylation is 1. The standard InChI is InChI=1S/C14H16N2O4S/c1-3-5-16(11-4-6-21(19,20)9-11)14(18)12-8-15-10(2)7-13(12)17/h1,7-8,11H,4-6,9H2,2H3,(H,15,17). The molecule has 0 radical (unpaired) electrons. The lowest BCUT2D eigenvalue weighted by atomic mass is 10.1. The molecule has 6 nitrogen and oxygen atoms in total. The van der Waals surface area contributed by atoms with Crippen molar-refractivity contribution in [3.63, 3.8) is 0 Å². The summed E-state index contributed by atoms with van der Waals surface area (Å²) in [6, 6.07) is 0.853. The number of pyridine rings is 1. The van der Waals surface area contributed by atoms with E-state index in [9.17, 15) is 18.0 Å². The summed E-state index contributed by atoms with van der Waals surface area (Å²) >= 11 is 0. The number of rotatable bonds is 3. The molecule has 2 rings (SSSR count). The lowest BCUT2D eigenvalue weighted by Crippen LogP contribution is -2.43. The fraction of sp³-hybridized carbons (Fsp3) is 0.429. The normalized spacial score (nSPS) is 19.9. The third-order valence-corrected chi connectivity index (χ3v) is 5.21. The van der Waals surface area contributed by atoms with Crippen molar-refractivity contribution in [2.24, 2.45) is 0 Å². The average molecular weight is 308 g/mol. The molecular formula is C14H16N2O4S. The number of aromatic amines is 1. The van der Waals surface area contributed by atoms with Gasteiger partial charge in [0.2, 0.25) is 0 Å². The van der Waals surface area contributed by atoms with Gasteiger partial charge < -0.3 is 9.88 Å². The van der Waals surface area contributed by atoms with E-state index >= 15 is 0 Å². The monoisotopic (exact) mass is 308 g/mol. The van der Waals surface area contributed by atoms with E-state index in [0.29, 0.717) is 12.1 Å². The van der Waals surface area contributed by atoms with Crippen LogP contribution in [0.1, 0.15) is 22.5 Å². The Kier molecular flexibility index (Phi) is 4.19. The number of nitrogens with zero attached hydrogens (tertiary/aromatic N) is 1. The summed E-state index contributed by atoms with van der Waals surface area (Å²) < 4.78 is 23.1. The molecule has 0 saturated carbocycles. The van der Waals surface area contributed by atoms with E-state index in [1.165, 1.54) is 17.2 Å². The number of H-pyrrole nitrogens is 1. The first kappa shape index (κ1) is 15.3. The molecule has 1 N–H and O–H groups in total. The van der Waals surface area contributed by atoms with Crippen LogP contribution in [0, 0.1) is 19.3 Å². The zero-order valence-corrected chi connectivity index (χ0v) is 12.4. The van der Waals surface area contributed by atoms with Crippen LogP contribution in [0.4, 0.5) is 0 Å². The topological polar surface area (TPSA) is 87.3 Å². The molecule has 1 saturated heterocycles. The van der Waals surface area contributed by atoms with Crippen molar-refractivity contribution in [2.45, 2.75) is 19.4 Å². The second kappa shape index (κ2) is 5.74. The molecule has 0 aromatic carbocycles. The molecule has 0 spiro atoms. The summed E-state index contributed by atoms with van der Waals surface area (Å²) in [7, 11) is -3.14. The van der Waals surface area contributed by atoms with Crippen LogP contribution in [0.25, 0.3) is 0 Å². The summed E-state index contributed by atoms with van der Waals surface area (Å²) in [6.07, 6.45) is 6.95. The van der Waals surface area contributed by atoms with Crippen LogP contribution < -0.4 is 5.43 Å². The first-order chi connectivity index (χ1) is 9.84. The van der Waals surface area contributed by atoms with Gasteiger partial charge in [0.25, 0.3) is 5.91 Å². The lowest BCUT2D eigenvalue weighted by Gasteiger charge is -2.26. The van der Waals surface area contributed by atoms with Gasteiger partial charge in [0.1, 0.15) is 5.56 Å². The average Bonchev–Trinajstić information content (AvgIpc) is 2.75. The number of amides is 1. The van der Waals surface area contributed by atoms with Crippen molar-refractivity contribution in [3.05, 3.63) is 33.7 Å². The Morgan fingerprint density at radius 1 is 1.57 bits per heavy atom. The highest BCUT2D eigenvalue weighted by Gasteiger charge is 2.35. The highest BCUT2D eigenvalue weighted by atomic mass is 32.2. The minimum atomic E-state index is -3.14. The van der Waals surface area contributed by atoms with Gasteiger partial charge in [-0.15, -0.1) is 6.42 Å². The molecule has 1 amide bonds. The number of terminal acetylenes is 1. The van der Waals surface area contributed by atoms with Crippen molar-refractivity contribution in [2.75, 3.05) is 18.1 Å². The number of carbonyl (C=O) groups is 1. The van der Waals surface area contributed by atoms with Gasteiger partial charge >= 0.3 is 0 Å². The second-order valence-corrected chi connectivity index (χ2v) is 7.32. The SMILES string of the molecule is C#CCN(C(=O)c1c[nH]c(C)cc1=O)C1CCS(=O)(=O)C1. The van der Waals surface area contributed by atoms with E-state index in [-0.39, 0.29) is 23.6 Å². The minimum absolute atomic E-state index is 0.0215. The van der Waals surface area contributed by atoms with Crippen LogP contribution in [0.15, 0.2) is 17.1 Å². The van der Waals surface area contributed by atoms with E-state index in [1.54, 1.807) is 6.92 Å². The Morgan fingerprint density at radius 2 is 2.29 bits per heavy atom. The molecule has 1 aliphatic rings. The molecule has 21 heavy (non-hydrogen) atoms. The fourth-order valence-electron chi connectivity index (χ4n) is 2.38. The molecule has 112 valence electrons. The molecule has 1 fully saturated rings. The quantitative estimate of drug-likeness (QED) is 0.793. The van der Waals surface area contributed by atoms with Crippen molar-refractivity contribution in [1.82, 2.24) is 9.88 Å². The number of aromatic nitrogens is 1. The molecule has 1 aromatic rings. The molecule has 0 aliphatic carbocycles. The summed E-state index contributed by atoms with van der Waals surface area (Å²) in [4.78, 5) is 28.5. The Bertz CT molecular complexity index is 758. The number of sulfone groups is 1.